The van der Waals surface area contributed by atoms with Crippen molar-refractivity contribution < 1.29 is 74.2 Å². The quantitative estimate of drug-likeness (QED) is 0.0395. The zero-order valence-corrected chi connectivity index (χ0v) is 42.7. The Morgan fingerprint density at radius 3 is 2.39 bits per heavy atom. The van der Waals surface area contributed by atoms with Gasteiger partial charge < -0.3 is 88.2 Å². The third kappa shape index (κ3) is 8.24. The number of amides is 2. The molecule has 4 aliphatic carbocycles. The van der Waals surface area contributed by atoms with Gasteiger partial charge in [-0.2, -0.15) is 0 Å². The number of hydrogen-bond acceptors (Lipinski definition) is 20. The number of phenolic OH excluding ortho intramolecular Hbond substituents is 1. The number of guanidine groups is 1. The zero-order valence-electron chi connectivity index (χ0n) is 42.7. The molecule has 0 spiro atoms. The van der Waals surface area contributed by atoms with E-state index in [1.165, 1.54) is 26.3 Å². The molecule has 23 nitrogen and oxygen atoms in total. The van der Waals surface area contributed by atoms with Crippen LogP contribution in [0, 0.1) is 23.2 Å². The molecule has 10 rings (SSSR count). The van der Waals surface area contributed by atoms with E-state index in [1.54, 1.807) is 13.0 Å². The summed E-state index contributed by atoms with van der Waals surface area (Å²) >= 11 is 0. The van der Waals surface area contributed by atoms with E-state index in [9.17, 15) is 50.4 Å². The molecule has 12 atom stereocenters. The first kappa shape index (κ1) is 53.7. The molecule has 2 aromatic carbocycles. The lowest BCUT2D eigenvalue weighted by Crippen LogP contribution is -2.77. The third-order valence-electron chi connectivity index (χ3n) is 17.5. The lowest BCUT2D eigenvalue weighted by molar-refractivity contribution is -0.456. The van der Waals surface area contributed by atoms with Crippen molar-refractivity contribution in [1.82, 2.24) is 20.9 Å². The Hall–Kier alpha value is -6.67. The number of nitrogens with one attached hydrogen (secondary N) is 3. The molecule has 8 aliphatic rings. The number of imide groups is 1. The van der Waals surface area contributed by atoms with Gasteiger partial charge >= 0.3 is 0 Å². The maximum Gasteiger partial charge on any atom is 0.253 e. The van der Waals surface area contributed by atoms with Gasteiger partial charge in [0.1, 0.15) is 29.5 Å². The smallest absolute Gasteiger partial charge is 0.253 e. The number of ether oxygens (including phenoxy) is 3. The van der Waals surface area contributed by atoms with Crippen LogP contribution in [0.4, 0.5) is 0 Å². The first-order chi connectivity index (χ1) is 36.7. The number of dihydropyridines is 2. The predicted octanol–water partition coefficient (Wildman–Crippen LogP) is -1.08. The summed E-state index contributed by atoms with van der Waals surface area (Å²) in [5.74, 6) is -9.08. The van der Waals surface area contributed by atoms with Crippen LogP contribution in [0.1, 0.15) is 112 Å². The standard InChI is InChI=1S/C54H66N8O15/c1-4-28-31(75-3)19-32(76-49-47(69)48(70)53(73,54(74,77-49)50(71)72)20-25(23-12-15-59-34(56)18-23)22-62-35(64)9-10-36(62)65)41-38(28)44(66)39-29-7-5-26(13-16-63)52(27-6-8-33(55)60-21-27)14-11-24-17-30(61-51(57)58-2)40(37(29)43(24)52)45(67)42(39)46(41)68/h6,8-10,12,18-19,21,24-26,30,33,43,47-50,59-60,63,67,69-74H,4-5,7,11,13-17,20,22,55-56H2,1-3H3,(H3,57,58,61). The Bertz CT molecular complexity index is 3010. The van der Waals surface area contributed by atoms with E-state index in [0.29, 0.717) is 47.9 Å². The number of ketones is 2. The minimum Gasteiger partial charge on any atom is -0.507 e. The number of allylic oxidation sites excluding steroid dienone is 3. The molecule has 23 heteroatoms. The van der Waals surface area contributed by atoms with E-state index in [4.69, 9.17) is 31.4 Å². The molecule has 12 unspecified atom stereocenters. The summed E-state index contributed by atoms with van der Waals surface area (Å²) in [6.07, 6.45) is 2.33. The first-order valence-electron chi connectivity index (χ1n) is 25.9. The van der Waals surface area contributed by atoms with Gasteiger partial charge in [0.05, 0.1) is 36.3 Å². The average molecular weight is 1070 g/mol. The van der Waals surface area contributed by atoms with Crippen molar-refractivity contribution in [1.29, 1.82) is 0 Å². The number of carbonyl (C=O) groups excluding carboxylic acids is 4. The monoisotopic (exact) mass is 1070 g/mol. The molecule has 0 bridgehead atoms. The molecule has 2 aromatic rings. The molecule has 0 aromatic heterocycles. The lowest BCUT2D eigenvalue weighted by Gasteiger charge is -2.54. The summed E-state index contributed by atoms with van der Waals surface area (Å²) in [5.41, 5.74) is 17.0. The van der Waals surface area contributed by atoms with Crippen LogP contribution in [-0.4, -0.2) is 151 Å². The van der Waals surface area contributed by atoms with Crippen molar-refractivity contribution in [2.45, 2.75) is 113 Å². The predicted molar refractivity (Wildman–Crippen MR) is 273 cm³/mol. The molecule has 2 amide bonds. The van der Waals surface area contributed by atoms with E-state index in [1.807, 2.05) is 18.4 Å². The number of benzene rings is 2. The minimum absolute atomic E-state index is 0.0250. The summed E-state index contributed by atoms with van der Waals surface area (Å²) in [5, 5.41) is 103. The topological polar surface area (TPSA) is 388 Å². The zero-order chi connectivity index (χ0) is 55.2. The molecule has 1 saturated carbocycles. The maximum atomic E-state index is 15.9. The highest BCUT2D eigenvalue weighted by atomic mass is 16.8. The van der Waals surface area contributed by atoms with Crippen LogP contribution in [-0.2, 0) is 27.2 Å². The second-order valence-corrected chi connectivity index (χ2v) is 21.2. The first-order valence-corrected chi connectivity index (χ1v) is 25.9. The van der Waals surface area contributed by atoms with E-state index < -0.39 is 113 Å². The van der Waals surface area contributed by atoms with E-state index in [-0.39, 0.29) is 83.5 Å². The van der Waals surface area contributed by atoms with Gasteiger partial charge in [-0.25, -0.2) is 0 Å². The van der Waals surface area contributed by atoms with E-state index >= 15 is 9.59 Å². The summed E-state index contributed by atoms with van der Waals surface area (Å²) in [7, 11) is 2.82. The Kier molecular flexibility index (Phi) is 13.9. The minimum atomic E-state index is -3.65. The van der Waals surface area contributed by atoms with E-state index in [2.05, 4.69) is 20.9 Å². The lowest BCUT2D eigenvalue weighted by atomic mass is 9.56. The number of aliphatic hydroxyl groups excluding tert-OH is 4. The summed E-state index contributed by atoms with van der Waals surface area (Å²) in [6, 6.07) is 0.518. The Balaban J connectivity index is 1.10. The molecule has 0 radical (unpaired) electrons. The molecule has 17 N–H and O–H groups in total. The van der Waals surface area contributed by atoms with Crippen LogP contribution in [0.5, 0.6) is 17.2 Å². The normalized spacial score (nSPS) is 32.6. The number of aliphatic imine (C=N–C) groups is 1. The van der Waals surface area contributed by atoms with Gasteiger partial charge in [-0.05, 0) is 104 Å². The van der Waals surface area contributed by atoms with Gasteiger partial charge in [-0.1, -0.05) is 19.1 Å². The van der Waals surface area contributed by atoms with Crippen molar-refractivity contribution in [2.24, 2.45) is 45.4 Å². The number of aromatic hydroxyl groups is 1. The number of rotatable bonds is 14. The molecular weight excluding hydrogens is 1000 g/mol. The Morgan fingerprint density at radius 2 is 1.75 bits per heavy atom. The number of aliphatic hydroxyl groups is 7. The number of phenols is 1. The fourth-order valence-electron chi connectivity index (χ4n) is 14.1. The van der Waals surface area contributed by atoms with Crippen LogP contribution in [0.3, 0.4) is 0 Å². The van der Waals surface area contributed by atoms with Crippen molar-refractivity contribution in [3.05, 3.63) is 110 Å². The average Bonchev–Trinajstić information content (AvgIpc) is 3.92. The van der Waals surface area contributed by atoms with Gasteiger partial charge in [0, 0.05) is 84.7 Å². The summed E-state index contributed by atoms with van der Waals surface area (Å²) in [4.78, 5) is 62.2. The van der Waals surface area contributed by atoms with Crippen LogP contribution in [0.2, 0.25) is 0 Å². The number of methoxy groups -OCH3 is 1. The second kappa shape index (κ2) is 20.0. The number of fused-ring (bicyclic) bond motifs is 3. The molecule has 4 heterocycles. The number of hydrogen-bond donors (Lipinski definition) is 14. The van der Waals surface area contributed by atoms with Crippen LogP contribution in [0.25, 0.3) is 0 Å². The van der Waals surface area contributed by atoms with E-state index in [0.717, 1.165) is 29.0 Å². The van der Waals surface area contributed by atoms with Gasteiger partial charge in [-0.3, -0.25) is 29.1 Å². The molecule has 1 saturated heterocycles. The highest BCUT2D eigenvalue weighted by Gasteiger charge is 2.68. The van der Waals surface area contributed by atoms with Crippen LogP contribution in [0.15, 0.2) is 70.7 Å². The van der Waals surface area contributed by atoms with Crippen molar-refractivity contribution >= 4 is 29.3 Å². The third-order valence-corrected chi connectivity index (χ3v) is 17.5. The fraction of sp³-hybridized carbons (Fsp3) is 0.500. The van der Waals surface area contributed by atoms with Crippen LogP contribution < -0.4 is 42.6 Å². The molecule has 2 fully saturated rings. The largest absolute Gasteiger partial charge is 0.507 e. The highest BCUT2D eigenvalue weighted by Crippen LogP contribution is 2.69. The van der Waals surface area contributed by atoms with Crippen molar-refractivity contribution in [3.63, 3.8) is 0 Å². The Labute approximate surface area is 442 Å². The highest BCUT2D eigenvalue weighted by molar-refractivity contribution is 6.32. The van der Waals surface area contributed by atoms with Gasteiger partial charge in [0.25, 0.3) is 17.6 Å². The fourth-order valence-corrected chi connectivity index (χ4v) is 14.1. The van der Waals surface area contributed by atoms with Gasteiger partial charge in [0.2, 0.25) is 18.4 Å². The molecule has 77 heavy (non-hydrogen) atoms. The second-order valence-electron chi connectivity index (χ2n) is 21.2. The van der Waals surface area contributed by atoms with Crippen molar-refractivity contribution in [2.75, 3.05) is 33.9 Å². The number of nitrogens with two attached hydrogens (primary N) is 3. The molecular formula is C54H66N8O15. The molecule has 412 valence electrons. The number of nitrogens with zero attached hydrogens (tertiary/aromatic N) is 2. The van der Waals surface area contributed by atoms with Crippen molar-refractivity contribution in [3.8, 4) is 17.2 Å². The van der Waals surface area contributed by atoms with Crippen LogP contribution >= 0.6 is 0 Å². The SMILES string of the molecule is CCc1c(OC)cc(OC2OC(O)(C(O)O)C(O)(CC(CN3C(=O)C=CC3=O)C3=CCNC(N)=C3)C(O)C2O)c2c1C(=O)c1c3c4c(c(O)c1C2=O)C(NC(N)=NC)CC1CCC(C2=CNC(N)C=C2)(C(CCO)CC3)C41. The summed E-state index contributed by atoms with van der Waals surface area (Å²) in [6.45, 7) is 1.29. The number of carbonyl (C=O) groups is 4. The molecule has 4 aliphatic heterocycles. The summed E-state index contributed by atoms with van der Waals surface area (Å²) < 4.78 is 17.8. The maximum absolute atomic E-state index is 15.9. The Morgan fingerprint density at radius 1 is 1.03 bits per heavy atom. The van der Waals surface area contributed by atoms with Gasteiger partial charge in [-0.15, -0.1) is 0 Å². The van der Waals surface area contributed by atoms with Gasteiger partial charge in [0.15, 0.2) is 17.3 Å².